The Balaban J connectivity index is 1.38. The zero-order valence-corrected chi connectivity index (χ0v) is 20.3. The van der Waals surface area contributed by atoms with Crippen molar-refractivity contribution in [2.75, 3.05) is 6.61 Å². The van der Waals surface area contributed by atoms with Crippen molar-refractivity contribution in [1.82, 2.24) is 0 Å². The molecule has 0 aliphatic carbocycles. The summed E-state index contributed by atoms with van der Waals surface area (Å²) in [6.45, 7) is 7.36. The van der Waals surface area contributed by atoms with Crippen LogP contribution in [0, 0.1) is 6.92 Å². The molecule has 0 aliphatic rings. The molecule has 0 heterocycles. The Morgan fingerprint density at radius 3 is 1.68 bits per heavy atom. The SMILES string of the molecule is [CH2]C(OCCCCCCCCCCCCCCCCCC)c1cccc2ccccc12. The van der Waals surface area contributed by atoms with Gasteiger partial charge in [0.2, 0.25) is 0 Å². The Morgan fingerprint density at radius 1 is 0.613 bits per heavy atom. The predicted molar refractivity (Wildman–Crippen MR) is 138 cm³/mol. The van der Waals surface area contributed by atoms with Gasteiger partial charge in [0.05, 0.1) is 6.10 Å². The van der Waals surface area contributed by atoms with E-state index in [-0.39, 0.29) is 6.10 Å². The lowest BCUT2D eigenvalue weighted by Gasteiger charge is -2.15. The third-order valence-electron chi connectivity index (χ3n) is 6.49. The van der Waals surface area contributed by atoms with E-state index in [4.69, 9.17) is 4.74 Å². The summed E-state index contributed by atoms with van der Waals surface area (Å²) in [5.74, 6) is 0. The average Bonchev–Trinajstić information content (AvgIpc) is 2.80. The van der Waals surface area contributed by atoms with E-state index >= 15 is 0 Å². The van der Waals surface area contributed by atoms with E-state index in [0.29, 0.717) is 0 Å². The Hall–Kier alpha value is -1.34. The van der Waals surface area contributed by atoms with Crippen LogP contribution < -0.4 is 0 Å². The van der Waals surface area contributed by atoms with Gasteiger partial charge in [-0.1, -0.05) is 146 Å². The van der Waals surface area contributed by atoms with Gasteiger partial charge in [0.15, 0.2) is 0 Å². The van der Waals surface area contributed by atoms with Gasteiger partial charge in [0.25, 0.3) is 0 Å². The summed E-state index contributed by atoms with van der Waals surface area (Å²) >= 11 is 0. The van der Waals surface area contributed by atoms with Crippen LogP contribution in [-0.2, 0) is 4.74 Å². The van der Waals surface area contributed by atoms with Crippen molar-refractivity contribution in [3.8, 4) is 0 Å². The fourth-order valence-corrected chi connectivity index (χ4v) is 4.50. The van der Waals surface area contributed by atoms with Crippen LogP contribution in [0.2, 0.25) is 0 Å². The smallest absolute Gasteiger partial charge is 0.0832 e. The molecule has 0 N–H and O–H groups in total. The molecule has 0 saturated carbocycles. The number of fused-ring (bicyclic) bond motifs is 1. The standard InChI is InChI=1S/C30H47O/c1-3-4-5-6-7-8-9-10-11-12-13-14-15-16-17-20-26-31-27(2)29-25-21-23-28-22-18-19-24-30(28)29/h18-19,21-25,27H,2-17,20,26H2,1H3. The normalized spacial score (nSPS) is 12.5. The summed E-state index contributed by atoms with van der Waals surface area (Å²) in [6.07, 6.45) is 22.3. The first-order valence-corrected chi connectivity index (χ1v) is 13.2. The van der Waals surface area contributed by atoms with Gasteiger partial charge in [-0.05, 0) is 29.7 Å². The van der Waals surface area contributed by atoms with Crippen molar-refractivity contribution in [3.05, 3.63) is 55.0 Å². The first kappa shape index (κ1) is 25.9. The van der Waals surface area contributed by atoms with Crippen LogP contribution in [0.3, 0.4) is 0 Å². The van der Waals surface area contributed by atoms with E-state index in [2.05, 4.69) is 56.3 Å². The Morgan fingerprint density at radius 2 is 1.10 bits per heavy atom. The molecular formula is C30H47O. The Bertz CT molecular complexity index is 672. The molecule has 0 amide bonds. The molecule has 1 heteroatoms. The average molecular weight is 424 g/mol. The minimum absolute atomic E-state index is 0.0811. The third-order valence-corrected chi connectivity index (χ3v) is 6.49. The molecule has 2 aromatic rings. The number of unbranched alkanes of at least 4 members (excludes halogenated alkanes) is 15. The largest absolute Gasteiger partial charge is 0.374 e. The van der Waals surface area contributed by atoms with Crippen LogP contribution >= 0.6 is 0 Å². The van der Waals surface area contributed by atoms with Crippen molar-refractivity contribution >= 4 is 10.8 Å². The maximum atomic E-state index is 6.04. The first-order chi connectivity index (χ1) is 15.3. The lowest BCUT2D eigenvalue weighted by Crippen LogP contribution is -2.03. The summed E-state index contributed by atoms with van der Waals surface area (Å²) in [6, 6.07) is 14.9. The van der Waals surface area contributed by atoms with E-state index < -0.39 is 0 Å². The topological polar surface area (TPSA) is 9.23 Å². The molecule has 2 aromatic carbocycles. The van der Waals surface area contributed by atoms with Crippen LogP contribution in [0.5, 0.6) is 0 Å². The van der Waals surface area contributed by atoms with Crippen LogP contribution in [-0.4, -0.2) is 6.61 Å². The number of ether oxygens (including phenoxy) is 1. The van der Waals surface area contributed by atoms with Crippen LogP contribution in [0.1, 0.15) is 121 Å². The van der Waals surface area contributed by atoms with E-state index in [1.54, 1.807) is 0 Å². The molecule has 0 bridgehead atoms. The highest BCUT2D eigenvalue weighted by Crippen LogP contribution is 2.26. The van der Waals surface area contributed by atoms with Crippen molar-refractivity contribution in [3.63, 3.8) is 0 Å². The summed E-state index contributed by atoms with van der Waals surface area (Å²) in [7, 11) is 0. The maximum Gasteiger partial charge on any atom is 0.0832 e. The zero-order chi connectivity index (χ0) is 22.0. The van der Waals surface area contributed by atoms with Crippen LogP contribution in [0.4, 0.5) is 0 Å². The number of hydrogen-bond acceptors (Lipinski definition) is 1. The Labute approximate surface area is 193 Å². The molecule has 1 nitrogen and oxygen atoms in total. The van der Waals surface area contributed by atoms with Gasteiger partial charge in [-0.25, -0.2) is 0 Å². The van der Waals surface area contributed by atoms with Gasteiger partial charge in [0, 0.05) is 6.61 Å². The summed E-state index contributed by atoms with van der Waals surface area (Å²) in [5.41, 5.74) is 1.20. The molecule has 0 fully saturated rings. The highest BCUT2D eigenvalue weighted by atomic mass is 16.5. The lowest BCUT2D eigenvalue weighted by molar-refractivity contribution is 0.0809. The molecule has 1 radical (unpaired) electrons. The first-order valence-electron chi connectivity index (χ1n) is 13.2. The third kappa shape index (κ3) is 11.2. The second-order valence-electron chi connectivity index (χ2n) is 9.23. The molecule has 1 atom stereocenters. The van der Waals surface area contributed by atoms with Crippen LogP contribution in [0.25, 0.3) is 10.8 Å². The molecule has 0 aliphatic heterocycles. The van der Waals surface area contributed by atoms with Crippen molar-refractivity contribution in [2.45, 2.75) is 116 Å². The van der Waals surface area contributed by atoms with E-state index in [1.807, 2.05) is 0 Å². The predicted octanol–water partition coefficient (Wildman–Crippen LogP) is 9.99. The van der Waals surface area contributed by atoms with Crippen molar-refractivity contribution < 1.29 is 4.74 Å². The second-order valence-corrected chi connectivity index (χ2v) is 9.23. The summed E-state index contributed by atoms with van der Waals surface area (Å²) in [4.78, 5) is 0. The molecule has 31 heavy (non-hydrogen) atoms. The molecule has 173 valence electrons. The molecular weight excluding hydrogens is 376 g/mol. The van der Waals surface area contributed by atoms with Gasteiger partial charge in [-0.3, -0.25) is 0 Å². The fraction of sp³-hybridized carbons (Fsp3) is 0.633. The van der Waals surface area contributed by atoms with Gasteiger partial charge in [-0.2, -0.15) is 0 Å². The van der Waals surface area contributed by atoms with Crippen molar-refractivity contribution in [1.29, 1.82) is 0 Å². The zero-order valence-electron chi connectivity index (χ0n) is 20.3. The maximum absolute atomic E-state index is 6.04. The highest BCUT2D eigenvalue weighted by molar-refractivity contribution is 5.86. The lowest BCUT2D eigenvalue weighted by atomic mass is 10.0. The molecule has 2 rings (SSSR count). The molecule has 0 spiro atoms. The quantitative estimate of drug-likeness (QED) is 0.204. The molecule has 0 aromatic heterocycles. The Kier molecular flexibility index (Phi) is 14.4. The van der Waals surface area contributed by atoms with Gasteiger partial charge in [0.1, 0.15) is 0 Å². The minimum Gasteiger partial charge on any atom is -0.374 e. The van der Waals surface area contributed by atoms with E-state index in [9.17, 15) is 0 Å². The minimum atomic E-state index is -0.0811. The van der Waals surface area contributed by atoms with Crippen molar-refractivity contribution in [2.24, 2.45) is 0 Å². The number of hydrogen-bond donors (Lipinski definition) is 0. The fourth-order valence-electron chi connectivity index (χ4n) is 4.50. The summed E-state index contributed by atoms with van der Waals surface area (Å²) < 4.78 is 6.04. The number of rotatable bonds is 19. The molecule has 1 unspecified atom stereocenters. The highest BCUT2D eigenvalue weighted by Gasteiger charge is 2.09. The van der Waals surface area contributed by atoms with Gasteiger partial charge < -0.3 is 4.74 Å². The van der Waals surface area contributed by atoms with Gasteiger partial charge >= 0.3 is 0 Å². The second kappa shape index (κ2) is 17.2. The molecule has 0 saturated heterocycles. The monoisotopic (exact) mass is 423 g/mol. The van der Waals surface area contributed by atoms with Crippen LogP contribution in [0.15, 0.2) is 42.5 Å². The number of benzene rings is 2. The van der Waals surface area contributed by atoms with E-state index in [1.165, 1.54) is 113 Å². The van der Waals surface area contributed by atoms with Gasteiger partial charge in [-0.15, -0.1) is 0 Å². The summed E-state index contributed by atoms with van der Waals surface area (Å²) in [5, 5.41) is 2.52. The van der Waals surface area contributed by atoms with E-state index in [0.717, 1.165) is 13.0 Å².